The van der Waals surface area contributed by atoms with Crippen molar-refractivity contribution in [2.75, 3.05) is 91.1 Å². The number of methoxy groups -OCH3 is 1. The van der Waals surface area contributed by atoms with E-state index in [0.717, 1.165) is 33.2 Å². The number of pyridine rings is 1. The highest BCUT2D eigenvalue weighted by Gasteiger charge is 2.25. The quantitative estimate of drug-likeness (QED) is 0.0169. The van der Waals surface area contributed by atoms with E-state index in [1.165, 1.54) is 12.0 Å². The van der Waals surface area contributed by atoms with Crippen LogP contribution in [-0.2, 0) is 42.8 Å². The number of allylic oxidation sites excluding steroid dienone is 3. The maximum absolute atomic E-state index is 13.0. The van der Waals surface area contributed by atoms with Crippen molar-refractivity contribution in [3.8, 4) is 5.75 Å². The number of amides is 3. The van der Waals surface area contributed by atoms with Gasteiger partial charge in [-0.1, -0.05) is 48.1 Å². The summed E-state index contributed by atoms with van der Waals surface area (Å²) in [6, 6.07) is 14.8. The van der Waals surface area contributed by atoms with Crippen molar-refractivity contribution in [1.82, 2.24) is 15.6 Å². The summed E-state index contributed by atoms with van der Waals surface area (Å²) in [5.41, 5.74) is 10.8. The lowest BCUT2D eigenvalue weighted by atomic mass is 10.0. The van der Waals surface area contributed by atoms with Crippen molar-refractivity contribution in [2.45, 2.75) is 65.5 Å². The first-order valence-electron chi connectivity index (χ1n) is 21.8. The van der Waals surface area contributed by atoms with Gasteiger partial charge in [-0.05, 0) is 110 Å². The molecule has 1 heterocycles. The van der Waals surface area contributed by atoms with Gasteiger partial charge in [0.1, 0.15) is 23.8 Å². The third-order valence-corrected chi connectivity index (χ3v) is 9.34. The van der Waals surface area contributed by atoms with Crippen LogP contribution in [0.1, 0.15) is 58.1 Å². The molecular weight excluding hydrogens is 851 g/mol. The summed E-state index contributed by atoms with van der Waals surface area (Å²) in [6.45, 7) is 17.2. The molecule has 3 aromatic rings. The SMILES string of the molecule is C=C(/C=C\C=C(/C)c1ccc2cc(OCCOCCOCCOCCOCCN=[N+]=[N-])ccc2c1)[C@H](CC(=O)OC)NC(=O)CNC(=O)CCCN(C(=O)OC(C)(C)C)c1cc(C)ccn1. The molecule has 2 N–H and O–H groups in total. The van der Waals surface area contributed by atoms with Crippen molar-refractivity contribution in [1.29, 1.82) is 0 Å². The van der Waals surface area contributed by atoms with E-state index >= 15 is 0 Å². The number of aromatic nitrogens is 1. The molecule has 0 spiro atoms. The van der Waals surface area contributed by atoms with E-state index in [0.29, 0.717) is 77.4 Å². The molecular formula is C48H65N7O11. The van der Waals surface area contributed by atoms with Gasteiger partial charge in [-0.25, -0.2) is 9.78 Å². The Kier molecular flexibility index (Phi) is 24.6. The minimum atomic E-state index is -0.786. The summed E-state index contributed by atoms with van der Waals surface area (Å²) in [7, 11) is 1.26. The molecule has 0 aliphatic rings. The lowest BCUT2D eigenvalue weighted by Crippen LogP contribution is -2.43. The zero-order valence-corrected chi connectivity index (χ0v) is 39.0. The number of anilines is 1. The molecule has 358 valence electrons. The first kappa shape index (κ1) is 54.0. The van der Waals surface area contributed by atoms with Gasteiger partial charge in [0.15, 0.2) is 0 Å². The molecule has 0 aliphatic heterocycles. The summed E-state index contributed by atoms with van der Waals surface area (Å²) in [6.07, 6.45) is 6.60. The van der Waals surface area contributed by atoms with Gasteiger partial charge < -0.3 is 43.8 Å². The second kappa shape index (κ2) is 30.0. The van der Waals surface area contributed by atoms with Crippen LogP contribution in [0.2, 0.25) is 0 Å². The van der Waals surface area contributed by atoms with Gasteiger partial charge in [0.05, 0.1) is 79.0 Å². The second-order valence-electron chi connectivity index (χ2n) is 15.9. The highest BCUT2D eigenvalue weighted by Crippen LogP contribution is 2.25. The van der Waals surface area contributed by atoms with Crippen LogP contribution < -0.4 is 20.3 Å². The number of benzene rings is 2. The fraction of sp³-hybridized carbons (Fsp3) is 0.479. The molecule has 0 fully saturated rings. The molecule has 0 saturated heterocycles. The zero-order valence-electron chi connectivity index (χ0n) is 39.0. The average molecular weight is 916 g/mol. The zero-order chi connectivity index (χ0) is 48.2. The van der Waals surface area contributed by atoms with Gasteiger partial charge in [0.25, 0.3) is 0 Å². The van der Waals surface area contributed by atoms with Gasteiger partial charge >= 0.3 is 12.1 Å². The third-order valence-electron chi connectivity index (χ3n) is 9.34. The predicted molar refractivity (Wildman–Crippen MR) is 252 cm³/mol. The van der Waals surface area contributed by atoms with Crippen LogP contribution in [-0.4, -0.2) is 127 Å². The molecule has 1 aromatic heterocycles. The molecule has 66 heavy (non-hydrogen) atoms. The number of carbonyl (C=O) groups excluding carboxylic acids is 4. The van der Waals surface area contributed by atoms with Crippen LogP contribution in [0.25, 0.3) is 26.8 Å². The molecule has 0 bridgehead atoms. The number of hydrogen-bond donors (Lipinski definition) is 2. The van der Waals surface area contributed by atoms with Gasteiger partial charge in [-0.2, -0.15) is 0 Å². The summed E-state index contributed by atoms with van der Waals surface area (Å²) < 4.78 is 38.1. The van der Waals surface area contributed by atoms with Crippen LogP contribution in [0.3, 0.4) is 0 Å². The molecule has 0 radical (unpaired) electrons. The van der Waals surface area contributed by atoms with Crippen LogP contribution in [0.15, 0.2) is 90.2 Å². The number of nitrogens with one attached hydrogen (secondary N) is 2. The van der Waals surface area contributed by atoms with Crippen LogP contribution in [0.5, 0.6) is 5.75 Å². The van der Waals surface area contributed by atoms with Gasteiger partial charge in [-0.15, -0.1) is 0 Å². The monoisotopic (exact) mass is 915 g/mol. The minimum Gasteiger partial charge on any atom is -0.491 e. The minimum absolute atomic E-state index is 0.0354. The van der Waals surface area contributed by atoms with Crippen molar-refractivity contribution in [3.63, 3.8) is 0 Å². The Hall–Kier alpha value is -6.30. The van der Waals surface area contributed by atoms with Crippen LogP contribution in [0.4, 0.5) is 10.6 Å². The predicted octanol–water partition coefficient (Wildman–Crippen LogP) is 7.20. The highest BCUT2D eigenvalue weighted by molar-refractivity contribution is 5.88. The van der Waals surface area contributed by atoms with Crippen molar-refractivity contribution in [3.05, 3.63) is 107 Å². The Balaban J connectivity index is 1.42. The lowest BCUT2D eigenvalue weighted by molar-refractivity contribution is -0.141. The van der Waals surface area contributed by atoms with E-state index in [2.05, 4.69) is 38.3 Å². The third kappa shape index (κ3) is 22.1. The Morgan fingerprint density at radius 3 is 2.20 bits per heavy atom. The second-order valence-corrected chi connectivity index (χ2v) is 15.9. The van der Waals surface area contributed by atoms with E-state index in [9.17, 15) is 19.2 Å². The lowest BCUT2D eigenvalue weighted by Gasteiger charge is -2.27. The number of fused-ring (bicyclic) bond motifs is 1. The number of carbonyl (C=O) groups is 4. The molecule has 0 saturated carbocycles. The smallest absolute Gasteiger partial charge is 0.416 e. The number of esters is 1. The Morgan fingerprint density at radius 1 is 0.894 bits per heavy atom. The normalized spacial score (nSPS) is 12.0. The summed E-state index contributed by atoms with van der Waals surface area (Å²) >= 11 is 0. The number of aryl methyl sites for hydroxylation is 1. The molecule has 3 amide bonds. The van der Waals surface area contributed by atoms with E-state index < -0.39 is 35.5 Å². The molecule has 18 nitrogen and oxygen atoms in total. The molecule has 0 aliphatic carbocycles. The van der Waals surface area contributed by atoms with Gasteiger partial charge in [0, 0.05) is 30.6 Å². The number of ether oxygens (including phenoxy) is 7. The van der Waals surface area contributed by atoms with Gasteiger partial charge in [-0.3, -0.25) is 19.3 Å². The summed E-state index contributed by atoms with van der Waals surface area (Å²) in [5.74, 6) is -0.305. The van der Waals surface area contributed by atoms with E-state index in [-0.39, 0.29) is 32.4 Å². The van der Waals surface area contributed by atoms with Crippen molar-refractivity contribution >= 4 is 46.0 Å². The van der Waals surface area contributed by atoms with Gasteiger partial charge in [0.2, 0.25) is 11.8 Å². The topological polar surface area (TPSA) is 222 Å². The average Bonchev–Trinajstić information content (AvgIpc) is 3.28. The summed E-state index contributed by atoms with van der Waals surface area (Å²) in [4.78, 5) is 59.3. The number of rotatable bonds is 30. The van der Waals surface area contributed by atoms with Crippen molar-refractivity contribution in [2.24, 2.45) is 5.11 Å². The fourth-order valence-corrected chi connectivity index (χ4v) is 5.94. The van der Waals surface area contributed by atoms with Crippen LogP contribution in [0, 0.1) is 6.92 Å². The number of hydrogen-bond acceptors (Lipinski definition) is 13. The molecule has 0 unspecified atom stereocenters. The highest BCUT2D eigenvalue weighted by atomic mass is 16.6. The standard InChI is InChI=1S/C48H65N7O11/c1-35-17-18-50-43(30-35)55(47(59)66-48(4,5)6)20-9-12-44(56)51-34-45(57)53-42(33-46(58)60-7)37(3)11-8-10-36(2)38-13-14-40-32-41(16-15-39(40)31-38)65-29-28-64-27-26-63-25-24-62-23-22-61-21-19-52-54-49/h8,10-11,13-18,30-32,42H,3,9,12,19-29,33-34H2,1-2,4-7H3,(H,51,56)(H,53,57)/b11-8-,36-10+/t42-/m0/s1. The van der Waals surface area contributed by atoms with Crippen LogP contribution >= 0.6 is 0 Å². The maximum Gasteiger partial charge on any atom is 0.416 e. The number of azide groups is 1. The van der Waals surface area contributed by atoms with E-state index in [4.69, 9.17) is 38.7 Å². The Labute approximate surface area is 387 Å². The Morgan fingerprint density at radius 2 is 1.55 bits per heavy atom. The first-order chi connectivity index (χ1) is 31.7. The molecule has 3 rings (SSSR count). The van der Waals surface area contributed by atoms with Crippen molar-refractivity contribution < 1.29 is 52.3 Å². The molecule has 18 heteroatoms. The Bertz CT molecular complexity index is 2150. The molecule has 1 atom stereocenters. The maximum atomic E-state index is 13.0. The van der Waals surface area contributed by atoms with E-state index in [1.807, 2.05) is 56.3 Å². The fourth-order valence-electron chi connectivity index (χ4n) is 5.94. The largest absolute Gasteiger partial charge is 0.491 e. The molecule has 2 aromatic carbocycles. The number of nitrogens with zero attached hydrogens (tertiary/aromatic N) is 5. The summed E-state index contributed by atoms with van der Waals surface area (Å²) in [5, 5.41) is 10.8. The first-order valence-corrected chi connectivity index (χ1v) is 21.8. The van der Waals surface area contributed by atoms with E-state index in [1.54, 1.807) is 45.2 Å².